The molecule has 2 aromatic rings. The van der Waals surface area contributed by atoms with Gasteiger partial charge in [0.05, 0.1) is 39.0 Å². The summed E-state index contributed by atoms with van der Waals surface area (Å²) in [5.74, 6) is 0.921. The number of hydrogen-bond acceptors (Lipinski definition) is 3. The second-order valence-electron chi connectivity index (χ2n) is 6.99. The van der Waals surface area contributed by atoms with E-state index in [0.29, 0.717) is 5.02 Å². The Morgan fingerprint density at radius 2 is 1.93 bits per heavy atom. The van der Waals surface area contributed by atoms with Crippen molar-refractivity contribution in [2.75, 3.05) is 43.5 Å². The lowest BCUT2D eigenvalue weighted by Crippen LogP contribution is -3.19. The molecule has 1 amide bonds. The quantitative estimate of drug-likeness (QED) is 0.826. The van der Waals surface area contributed by atoms with E-state index in [2.05, 4.69) is 16.3 Å². The summed E-state index contributed by atoms with van der Waals surface area (Å²) in [6, 6.07) is 13.5. The van der Waals surface area contributed by atoms with Gasteiger partial charge in [-0.2, -0.15) is 0 Å². The van der Waals surface area contributed by atoms with E-state index in [0.717, 1.165) is 48.9 Å². The van der Waals surface area contributed by atoms with Crippen LogP contribution in [-0.4, -0.2) is 45.2 Å². The predicted octanol–water partition coefficient (Wildman–Crippen LogP) is 2.39. The third-order valence-electron chi connectivity index (χ3n) is 5.29. The highest BCUT2D eigenvalue weighted by Crippen LogP contribution is 2.27. The molecular weight excluding hydrogens is 362 g/mol. The number of halogens is 1. The molecule has 144 valence electrons. The minimum atomic E-state index is -0.122. The van der Waals surface area contributed by atoms with E-state index < -0.39 is 0 Å². The fourth-order valence-electron chi connectivity index (χ4n) is 3.51. The Morgan fingerprint density at radius 3 is 2.63 bits per heavy atom. The number of nitrogens with zero attached hydrogens (tertiary/aromatic N) is 1. The van der Waals surface area contributed by atoms with E-state index in [9.17, 15) is 4.79 Å². The average Bonchev–Trinajstić information content (AvgIpc) is 2.70. The molecule has 2 N–H and O–H groups in total. The molecule has 0 saturated carbocycles. The monoisotopic (exact) mass is 388 g/mol. The number of para-hydroxylation sites is 2. The first kappa shape index (κ1) is 19.5. The maximum Gasteiger partial charge on any atom is 0.282 e. The number of quaternary nitrogens is 1. The lowest BCUT2D eigenvalue weighted by molar-refractivity contribution is -0.914. The SMILES string of the molecule is COc1ccccc1N1CC[NH+]([C@H](C)C(=O)Nc2cc(Cl)ccc2C)CC1. The predicted molar refractivity (Wildman–Crippen MR) is 110 cm³/mol. The van der Waals surface area contributed by atoms with Crippen molar-refractivity contribution < 1.29 is 14.4 Å². The van der Waals surface area contributed by atoms with Crippen LogP contribution in [0.15, 0.2) is 42.5 Å². The first-order valence-corrected chi connectivity index (χ1v) is 9.67. The van der Waals surface area contributed by atoms with Crippen molar-refractivity contribution in [2.24, 2.45) is 0 Å². The molecule has 2 aromatic carbocycles. The Bertz CT molecular complexity index is 804. The number of piperazine rings is 1. The van der Waals surface area contributed by atoms with Crippen molar-refractivity contribution in [3.63, 3.8) is 0 Å². The second-order valence-corrected chi connectivity index (χ2v) is 7.42. The summed E-state index contributed by atoms with van der Waals surface area (Å²) < 4.78 is 5.47. The summed E-state index contributed by atoms with van der Waals surface area (Å²) in [5, 5.41) is 3.66. The summed E-state index contributed by atoms with van der Waals surface area (Å²) in [4.78, 5) is 16.3. The van der Waals surface area contributed by atoms with Crippen molar-refractivity contribution in [2.45, 2.75) is 19.9 Å². The highest BCUT2D eigenvalue weighted by molar-refractivity contribution is 6.31. The molecule has 1 saturated heterocycles. The second kappa shape index (κ2) is 8.63. The smallest absolute Gasteiger partial charge is 0.282 e. The van der Waals surface area contributed by atoms with E-state index in [1.54, 1.807) is 13.2 Å². The molecule has 1 aliphatic heterocycles. The van der Waals surface area contributed by atoms with Crippen LogP contribution < -0.4 is 19.9 Å². The highest BCUT2D eigenvalue weighted by atomic mass is 35.5. The Kier molecular flexibility index (Phi) is 6.24. The molecule has 27 heavy (non-hydrogen) atoms. The van der Waals surface area contributed by atoms with E-state index in [-0.39, 0.29) is 11.9 Å². The van der Waals surface area contributed by atoms with Crippen molar-refractivity contribution in [1.29, 1.82) is 0 Å². The van der Waals surface area contributed by atoms with Gasteiger partial charge in [0.2, 0.25) is 0 Å². The van der Waals surface area contributed by atoms with Gasteiger partial charge in [-0.05, 0) is 43.7 Å². The Morgan fingerprint density at radius 1 is 1.22 bits per heavy atom. The van der Waals surface area contributed by atoms with Crippen LogP contribution in [-0.2, 0) is 4.79 Å². The molecule has 0 spiro atoms. The van der Waals surface area contributed by atoms with E-state index in [4.69, 9.17) is 16.3 Å². The molecule has 0 radical (unpaired) electrons. The maximum absolute atomic E-state index is 12.7. The third kappa shape index (κ3) is 4.54. The van der Waals surface area contributed by atoms with Gasteiger partial charge >= 0.3 is 0 Å². The van der Waals surface area contributed by atoms with Gasteiger partial charge in [-0.15, -0.1) is 0 Å². The third-order valence-corrected chi connectivity index (χ3v) is 5.53. The Labute approximate surface area is 165 Å². The van der Waals surface area contributed by atoms with Crippen molar-refractivity contribution >= 4 is 28.9 Å². The largest absolute Gasteiger partial charge is 0.495 e. The number of carbonyl (C=O) groups excluding carboxylic acids is 1. The molecule has 1 aliphatic rings. The molecule has 1 fully saturated rings. The van der Waals surface area contributed by atoms with Crippen LogP contribution in [0.4, 0.5) is 11.4 Å². The number of hydrogen-bond donors (Lipinski definition) is 2. The van der Waals surface area contributed by atoms with Crippen molar-refractivity contribution in [1.82, 2.24) is 0 Å². The lowest BCUT2D eigenvalue weighted by atomic mass is 10.1. The number of anilines is 2. The van der Waals surface area contributed by atoms with Crippen LogP contribution in [0.1, 0.15) is 12.5 Å². The fraction of sp³-hybridized carbons (Fsp3) is 0.381. The van der Waals surface area contributed by atoms with E-state index in [1.807, 2.05) is 44.2 Å². The van der Waals surface area contributed by atoms with Crippen molar-refractivity contribution in [3.05, 3.63) is 53.1 Å². The number of carbonyl (C=O) groups is 1. The average molecular weight is 389 g/mol. The summed E-state index contributed by atoms with van der Waals surface area (Å²) >= 11 is 6.06. The molecule has 0 aliphatic carbocycles. The minimum Gasteiger partial charge on any atom is -0.495 e. The summed E-state index contributed by atoms with van der Waals surface area (Å²) in [7, 11) is 1.70. The van der Waals surface area contributed by atoms with Crippen molar-refractivity contribution in [3.8, 4) is 5.75 Å². The molecule has 0 aromatic heterocycles. The van der Waals surface area contributed by atoms with E-state index >= 15 is 0 Å². The number of rotatable bonds is 5. The zero-order valence-electron chi connectivity index (χ0n) is 16.1. The molecule has 5 nitrogen and oxygen atoms in total. The lowest BCUT2D eigenvalue weighted by Gasteiger charge is -2.36. The van der Waals surface area contributed by atoms with Gasteiger partial charge in [-0.1, -0.05) is 29.8 Å². The summed E-state index contributed by atoms with van der Waals surface area (Å²) in [5.41, 5.74) is 2.91. The number of aryl methyl sites for hydroxylation is 1. The summed E-state index contributed by atoms with van der Waals surface area (Å²) in [6.45, 7) is 7.55. The molecule has 6 heteroatoms. The molecule has 1 heterocycles. The van der Waals surface area contributed by atoms with Gasteiger partial charge in [0.15, 0.2) is 6.04 Å². The van der Waals surface area contributed by atoms with Crippen LogP contribution in [0.25, 0.3) is 0 Å². The molecule has 3 rings (SSSR count). The molecule has 1 atom stereocenters. The molecule has 0 unspecified atom stereocenters. The highest BCUT2D eigenvalue weighted by Gasteiger charge is 2.30. The van der Waals surface area contributed by atoms with Crippen LogP contribution in [0.5, 0.6) is 5.75 Å². The first-order valence-electron chi connectivity index (χ1n) is 9.29. The Hall–Kier alpha value is -2.24. The summed E-state index contributed by atoms with van der Waals surface area (Å²) in [6.07, 6.45) is 0. The normalized spacial score (nSPS) is 16.1. The standard InChI is InChI=1S/C21H26ClN3O2/c1-15-8-9-17(22)14-18(15)23-21(26)16(2)24-10-12-25(13-11-24)19-6-4-5-7-20(19)27-3/h4-9,14,16H,10-13H2,1-3H3,(H,23,26)/p+1/t16-/m1/s1. The first-order chi connectivity index (χ1) is 13.0. The molecular formula is C21H27ClN3O2+. The zero-order valence-corrected chi connectivity index (χ0v) is 16.8. The zero-order chi connectivity index (χ0) is 19.4. The van der Waals surface area contributed by atoms with Crippen LogP contribution in [0.3, 0.4) is 0 Å². The topological polar surface area (TPSA) is 46.0 Å². The van der Waals surface area contributed by atoms with Gasteiger partial charge in [0, 0.05) is 10.7 Å². The number of amides is 1. The van der Waals surface area contributed by atoms with E-state index in [1.165, 1.54) is 4.90 Å². The van der Waals surface area contributed by atoms with Gasteiger partial charge in [0.25, 0.3) is 5.91 Å². The maximum atomic E-state index is 12.7. The number of ether oxygens (including phenoxy) is 1. The van der Waals surface area contributed by atoms with Crippen LogP contribution in [0.2, 0.25) is 5.02 Å². The number of benzene rings is 2. The Balaban J connectivity index is 1.60. The van der Waals surface area contributed by atoms with Gasteiger partial charge < -0.3 is 19.9 Å². The van der Waals surface area contributed by atoms with Gasteiger partial charge in [-0.25, -0.2) is 0 Å². The number of methoxy groups -OCH3 is 1. The van der Waals surface area contributed by atoms with Crippen LogP contribution in [0, 0.1) is 6.92 Å². The fourth-order valence-corrected chi connectivity index (χ4v) is 3.69. The van der Waals surface area contributed by atoms with Crippen LogP contribution >= 0.6 is 11.6 Å². The minimum absolute atomic E-state index is 0.0288. The molecule has 0 bridgehead atoms. The van der Waals surface area contributed by atoms with Gasteiger partial charge in [0.1, 0.15) is 5.75 Å². The number of nitrogens with one attached hydrogen (secondary N) is 2. The van der Waals surface area contributed by atoms with Gasteiger partial charge in [-0.3, -0.25) is 4.79 Å².